The molecule has 20 heavy (non-hydrogen) atoms. The van der Waals surface area contributed by atoms with Gasteiger partial charge in [-0.1, -0.05) is 43.7 Å². The first kappa shape index (κ1) is 15.0. The van der Waals surface area contributed by atoms with Gasteiger partial charge in [0.25, 0.3) is 0 Å². The molecule has 3 unspecified atom stereocenters. The summed E-state index contributed by atoms with van der Waals surface area (Å²) < 4.78 is 5.27. The summed E-state index contributed by atoms with van der Waals surface area (Å²) in [4.78, 5) is 0. The zero-order chi connectivity index (χ0) is 14.6. The third-order valence-electron chi connectivity index (χ3n) is 4.80. The molecule has 0 radical (unpaired) electrons. The standard InChI is InChI=1S/C17H23NO2/c1-3-14-9-10-16(11-14,12-18)17(19,13-20-2)15-7-5-4-6-8-15/h4-8,14,19H,3,9-11,13H2,1-2H3. The van der Waals surface area contributed by atoms with Gasteiger partial charge >= 0.3 is 0 Å². The number of nitriles is 1. The molecule has 1 aromatic rings. The van der Waals surface area contributed by atoms with E-state index in [-0.39, 0.29) is 6.61 Å². The number of hydrogen-bond donors (Lipinski definition) is 1. The lowest BCUT2D eigenvalue weighted by atomic mass is 9.67. The lowest BCUT2D eigenvalue weighted by Crippen LogP contribution is -2.47. The Labute approximate surface area is 121 Å². The maximum absolute atomic E-state index is 11.3. The Hall–Kier alpha value is -1.37. The number of methoxy groups -OCH3 is 1. The van der Waals surface area contributed by atoms with E-state index >= 15 is 0 Å². The molecule has 1 aliphatic rings. The average Bonchev–Trinajstić information content (AvgIpc) is 2.93. The van der Waals surface area contributed by atoms with Gasteiger partial charge in [0.15, 0.2) is 0 Å². The maximum atomic E-state index is 11.3. The highest BCUT2D eigenvalue weighted by Gasteiger charge is 2.55. The van der Waals surface area contributed by atoms with Crippen LogP contribution in [0.25, 0.3) is 0 Å². The highest BCUT2D eigenvalue weighted by atomic mass is 16.5. The number of aliphatic hydroxyl groups is 1. The van der Waals surface area contributed by atoms with Crippen LogP contribution >= 0.6 is 0 Å². The molecule has 3 heteroatoms. The summed E-state index contributed by atoms with van der Waals surface area (Å²) in [7, 11) is 1.57. The summed E-state index contributed by atoms with van der Waals surface area (Å²) >= 11 is 0. The van der Waals surface area contributed by atoms with Crippen LogP contribution in [0.4, 0.5) is 0 Å². The Morgan fingerprint density at radius 2 is 2.15 bits per heavy atom. The maximum Gasteiger partial charge on any atom is 0.131 e. The first-order valence-electron chi connectivity index (χ1n) is 7.30. The Morgan fingerprint density at radius 1 is 1.45 bits per heavy atom. The molecule has 0 saturated heterocycles. The predicted molar refractivity (Wildman–Crippen MR) is 77.9 cm³/mol. The highest BCUT2D eigenvalue weighted by Crippen LogP contribution is 2.53. The molecule has 1 aromatic carbocycles. The molecular weight excluding hydrogens is 250 g/mol. The van der Waals surface area contributed by atoms with Gasteiger partial charge in [-0.3, -0.25) is 0 Å². The quantitative estimate of drug-likeness (QED) is 0.896. The van der Waals surface area contributed by atoms with Crippen LogP contribution in [0.5, 0.6) is 0 Å². The molecule has 0 bridgehead atoms. The van der Waals surface area contributed by atoms with E-state index in [1.165, 1.54) is 0 Å². The van der Waals surface area contributed by atoms with Crippen LogP contribution in [0, 0.1) is 22.7 Å². The summed E-state index contributed by atoms with van der Waals surface area (Å²) in [5.74, 6) is 0.516. The van der Waals surface area contributed by atoms with Gasteiger partial charge in [0.05, 0.1) is 18.1 Å². The number of benzene rings is 1. The molecule has 0 aliphatic heterocycles. The molecule has 1 aliphatic carbocycles. The lowest BCUT2D eigenvalue weighted by molar-refractivity contribution is -0.109. The SMILES string of the molecule is CCC1CCC(C#N)(C(O)(COC)c2ccccc2)C1. The van der Waals surface area contributed by atoms with Crippen molar-refractivity contribution in [3.8, 4) is 6.07 Å². The molecule has 0 amide bonds. The van der Waals surface area contributed by atoms with Crippen molar-refractivity contribution in [1.29, 1.82) is 5.26 Å². The zero-order valence-electron chi connectivity index (χ0n) is 12.3. The molecule has 1 fully saturated rings. The molecule has 0 heterocycles. The fourth-order valence-corrected chi connectivity index (χ4v) is 3.49. The van der Waals surface area contributed by atoms with Gasteiger partial charge in [-0.15, -0.1) is 0 Å². The Kier molecular flexibility index (Phi) is 4.47. The van der Waals surface area contributed by atoms with E-state index in [9.17, 15) is 10.4 Å². The van der Waals surface area contributed by atoms with Gasteiger partial charge in [0, 0.05) is 7.11 Å². The van der Waals surface area contributed by atoms with Crippen molar-refractivity contribution in [2.45, 2.75) is 38.2 Å². The summed E-state index contributed by atoms with van der Waals surface area (Å²) in [6.07, 6.45) is 3.54. The smallest absolute Gasteiger partial charge is 0.131 e. The fourth-order valence-electron chi connectivity index (χ4n) is 3.49. The van der Waals surface area contributed by atoms with Gasteiger partial charge in [-0.05, 0) is 30.7 Å². The van der Waals surface area contributed by atoms with E-state index in [4.69, 9.17) is 4.74 Å². The van der Waals surface area contributed by atoms with Crippen molar-refractivity contribution in [2.24, 2.45) is 11.3 Å². The van der Waals surface area contributed by atoms with Crippen molar-refractivity contribution >= 4 is 0 Å². The minimum Gasteiger partial charge on any atom is -0.381 e. The number of hydrogen-bond acceptors (Lipinski definition) is 3. The fraction of sp³-hybridized carbons (Fsp3) is 0.588. The summed E-state index contributed by atoms with van der Waals surface area (Å²) in [5, 5.41) is 21.1. The second kappa shape index (κ2) is 5.95. The molecule has 2 rings (SSSR count). The molecule has 3 nitrogen and oxygen atoms in total. The summed E-state index contributed by atoms with van der Waals surface area (Å²) in [5.41, 5.74) is -1.20. The van der Waals surface area contributed by atoms with E-state index in [2.05, 4.69) is 13.0 Å². The van der Waals surface area contributed by atoms with E-state index in [0.717, 1.165) is 31.2 Å². The van der Waals surface area contributed by atoms with E-state index in [1.54, 1.807) is 7.11 Å². The zero-order valence-corrected chi connectivity index (χ0v) is 12.3. The molecular formula is C17H23NO2. The third kappa shape index (κ3) is 2.34. The van der Waals surface area contributed by atoms with Crippen LogP contribution in [0.15, 0.2) is 30.3 Å². The minimum absolute atomic E-state index is 0.154. The van der Waals surface area contributed by atoms with Crippen molar-refractivity contribution in [3.05, 3.63) is 35.9 Å². The largest absolute Gasteiger partial charge is 0.381 e. The molecule has 0 spiro atoms. The number of nitrogens with zero attached hydrogens (tertiary/aromatic N) is 1. The van der Waals surface area contributed by atoms with E-state index in [1.807, 2.05) is 30.3 Å². The monoisotopic (exact) mass is 273 g/mol. The molecule has 0 aromatic heterocycles. The van der Waals surface area contributed by atoms with E-state index in [0.29, 0.717) is 5.92 Å². The Morgan fingerprint density at radius 3 is 2.65 bits per heavy atom. The van der Waals surface area contributed by atoms with Crippen LogP contribution in [0.1, 0.15) is 38.2 Å². The van der Waals surface area contributed by atoms with Crippen LogP contribution in [0.3, 0.4) is 0 Å². The van der Waals surface area contributed by atoms with Gasteiger partial charge in [0.2, 0.25) is 0 Å². The summed E-state index contributed by atoms with van der Waals surface area (Å²) in [6, 6.07) is 11.9. The van der Waals surface area contributed by atoms with Gasteiger partial charge in [0.1, 0.15) is 5.60 Å². The van der Waals surface area contributed by atoms with Crippen molar-refractivity contribution in [3.63, 3.8) is 0 Å². The van der Waals surface area contributed by atoms with Crippen molar-refractivity contribution in [2.75, 3.05) is 13.7 Å². The third-order valence-corrected chi connectivity index (χ3v) is 4.80. The normalized spacial score (nSPS) is 28.8. The molecule has 1 saturated carbocycles. The van der Waals surface area contributed by atoms with Crippen LogP contribution in [0.2, 0.25) is 0 Å². The summed E-state index contributed by atoms with van der Waals surface area (Å²) in [6.45, 7) is 2.30. The molecule has 3 atom stereocenters. The van der Waals surface area contributed by atoms with Crippen LogP contribution in [-0.2, 0) is 10.3 Å². The first-order valence-corrected chi connectivity index (χ1v) is 7.30. The number of rotatable bonds is 5. The predicted octanol–water partition coefficient (Wildman–Crippen LogP) is 3.24. The van der Waals surface area contributed by atoms with Gasteiger partial charge < -0.3 is 9.84 Å². The van der Waals surface area contributed by atoms with Crippen molar-refractivity contribution < 1.29 is 9.84 Å². The van der Waals surface area contributed by atoms with Gasteiger partial charge in [-0.2, -0.15) is 5.26 Å². The highest BCUT2D eigenvalue weighted by molar-refractivity contribution is 5.30. The Bertz CT molecular complexity index is 482. The second-order valence-electron chi connectivity index (χ2n) is 5.87. The number of ether oxygens (including phenoxy) is 1. The van der Waals surface area contributed by atoms with E-state index < -0.39 is 11.0 Å². The van der Waals surface area contributed by atoms with Crippen LogP contribution in [-0.4, -0.2) is 18.8 Å². The Balaban J connectivity index is 2.44. The topological polar surface area (TPSA) is 53.2 Å². The van der Waals surface area contributed by atoms with Crippen molar-refractivity contribution in [1.82, 2.24) is 0 Å². The molecule has 1 N–H and O–H groups in total. The lowest BCUT2D eigenvalue weighted by Gasteiger charge is -2.40. The average molecular weight is 273 g/mol. The second-order valence-corrected chi connectivity index (χ2v) is 5.87. The molecule has 108 valence electrons. The minimum atomic E-state index is -1.23. The van der Waals surface area contributed by atoms with Gasteiger partial charge in [-0.25, -0.2) is 0 Å². The van der Waals surface area contributed by atoms with Crippen LogP contribution < -0.4 is 0 Å². The first-order chi connectivity index (χ1) is 9.62.